The van der Waals surface area contributed by atoms with Crippen LogP contribution in [0.1, 0.15) is 22.4 Å². The summed E-state index contributed by atoms with van der Waals surface area (Å²) in [6.07, 6.45) is -15.8. The van der Waals surface area contributed by atoms with Gasteiger partial charge >= 0.3 is 18.5 Å². The van der Waals surface area contributed by atoms with E-state index in [1.807, 2.05) is 0 Å². The first-order valence-electron chi connectivity index (χ1n) is 10.7. The van der Waals surface area contributed by atoms with Crippen molar-refractivity contribution >= 4 is 11.6 Å². The molecule has 4 aromatic rings. The average Bonchev–Trinajstić information content (AvgIpc) is 3.28. The van der Waals surface area contributed by atoms with Crippen LogP contribution in [0.3, 0.4) is 0 Å². The van der Waals surface area contributed by atoms with Gasteiger partial charge in [0.15, 0.2) is 0 Å². The fourth-order valence-corrected chi connectivity index (χ4v) is 3.80. The van der Waals surface area contributed by atoms with Gasteiger partial charge in [0.25, 0.3) is 0 Å². The molecule has 0 aliphatic rings. The third-order valence-corrected chi connectivity index (χ3v) is 5.72. The highest BCUT2D eigenvalue weighted by Crippen LogP contribution is 2.46. The molecule has 0 saturated carbocycles. The predicted octanol–water partition coefficient (Wildman–Crippen LogP) is 8.74. The van der Waals surface area contributed by atoms with E-state index in [0.29, 0.717) is 10.6 Å². The normalized spacial score (nSPS) is 12.6. The topological polar surface area (TPSA) is 58.1 Å². The van der Waals surface area contributed by atoms with E-state index in [-0.39, 0.29) is 30.6 Å². The van der Waals surface area contributed by atoms with Gasteiger partial charge in [0.1, 0.15) is 29.5 Å². The van der Waals surface area contributed by atoms with Crippen LogP contribution < -0.4 is 4.74 Å². The third-order valence-electron chi connectivity index (χ3n) is 5.47. The van der Waals surface area contributed by atoms with Crippen LogP contribution in [0.5, 0.6) is 11.5 Å². The van der Waals surface area contributed by atoms with Crippen LogP contribution in [0.25, 0.3) is 22.4 Å². The largest absolute Gasteiger partial charge is 0.507 e. The molecule has 0 radical (unpaired) electrons. The molecular formula is C25H14ClF9N2O2. The van der Waals surface area contributed by atoms with Gasteiger partial charge in [-0.2, -0.15) is 44.6 Å². The van der Waals surface area contributed by atoms with Gasteiger partial charge in [-0.05, 0) is 53.6 Å². The summed E-state index contributed by atoms with van der Waals surface area (Å²) in [6, 6.07) is 9.97. The van der Waals surface area contributed by atoms with E-state index in [9.17, 15) is 44.6 Å². The van der Waals surface area contributed by atoms with Crippen LogP contribution in [0.2, 0.25) is 5.02 Å². The third kappa shape index (κ3) is 6.24. The highest BCUT2D eigenvalue weighted by molar-refractivity contribution is 6.30. The molecule has 0 saturated heterocycles. The Labute approximate surface area is 218 Å². The summed E-state index contributed by atoms with van der Waals surface area (Å²) in [7, 11) is 0. The van der Waals surface area contributed by atoms with Crippen molar-refractivity contribution in [2.75, 3.05) is 0 Å². The van der Waals surface area contributed by atoms with Crippen molar-refractivity contribution in [2.24, 2.45) is 0 Å². The van der Waals surface area contributed by atoms with E-state index in [4.69, 9.17) is 16.3 Å². The molecule has 1 aromatic heterocycles. The Balaban J connectivity index is 1.81. The number of aromatic nitrogens is 2. The number of halogens is 10. The molecule has 0 aliphatic heterocycles. The van der Waals surface area contributed by atoms with Crippen LogP contribution in [0.15, 0.2) is 60.7 Å². The molecule has 2 N–H and O–H groups in total. The SMILES string of the molecule is Oc1cc(OCc2ccc(Cl)cc2)ccc1-c1n[nH]c(C(F)(F)F)c1-c1cc(C(F)(F)F)cc(C(F)(F)F)c1. The zero-order valence-electron chi connectivity index (χ0n) is 19.1. The molecule has 0 bridgehead atoms. The Morgan fingerprint density at radius 1 is 0.769 bits per heavy atom. The van der Waals surface area contributed by atoms with Crippen molar-refractivity contribution in [2.45, 2.75) is 25.1 Å². The maximum Gasteiger partial charge on any atom is 0.433 e. The predicted molar refractivity (Wildman–Crippen MR) is 122 cm³/mol. The van der Waals surface area contributed by atoms with Crippen molar-refractivity contribution in [3.63, 3.8) is 0 Å². The van der Waals surface area contributed by atoms with Crippen LogP contribution >= 0.6 is 11.6 Å². The summed E-state index contributed by atoms with van der Waals surface area (Å²) in [5.41, 5.74) is -7.94. The lowest BCUT2D eigenvalue weighted by Crippen LogP contribution is -2.12. The number of hydrogen-bond donors (Lipinski definition) is 2. The number of alkyl halides is 9. The maximum atomic E-state index is 13.8. The van der Waals surface area contributed by atoms with Gasteiger partial charge in [-0.1, -0.05) is 23.7 Å². The molecule has 0 atom stereocenters. The van der Waals surface area contributed by atoms with E-state index < -0.39 is 63.5 Å². The zero-order valence-corrected chi connectivity index (χ0v) is 19.8. The van der Waals surface area contributed by atoms with Crippen LogP contribution in [0, 0.1) is 0 Å². The molecule has 0 aliphatic carbocycles. The van der Waals surface area contributed by atoms with Gasteiger partial charge in [-0.3, -0.25) is 5.10 Å². The van der Waals surface area contributed by atoms with Gasteiger partial charge in [0, 0.05) is 22.2 Å². The van der Waals surface area contributed by atoms with Crippen LogP contribution in [0.4, 0.5) is 39.5 Å². The fraction of sp³-hybridized carbons (Fsp3) is 0.160. The molecule has 4 nitrogen and oxygen atoms in total. The second kappa shape index (κ2) is 10.0. The molecule has 3 aromatic carbocycles. The van der Waals surface area contributed by atoms with E-state index in [0.717, 1.165) is 12.1 Å². The summed E-state index contributed by atoms with van der Waals surface area (Å²) in [5, 5.41) is 16.1. The summed E-state index contributed by atoms with van der Waals surface area (Å²) >= 11 is 5.81. The molecule has 206 valence electrons. The van der Waals surface area contributed by atoms with E-state index in [2.05, 4.69) is 5.10 Å². The lowest BCUT2D eigenvalue weighted by atomic mass is 9.94. The minimum absolute atomic E-state index is 0.0201. The number of hydrogen-bond acceptors (Lipinski definition) is 3. The number of nitrogens with zero attached hydrogens (tertiary/aromatic N) is 1. The molecule has 0 fully saturated rings. The lowest BCUT2D eigenvalue weighted by molar-refractivity contribution is -0.143. The summed E-state index contributed by atoms with van der Waals surface area (Å²) in [4.78, 5) is 0. The summed E-state index contributed by atoms with van der Waals surface area (Å²) < 4.78 is 127. The first kappa shape index (κ1) is 28.1. The fourth-order valence-electron chi connectivity index (χ4n) is 3.67. The number of phenols is 1. The highest BCUT2D eigenvalue weighted by atomic mass is 35.5. The van der Waals surface area contributed by atoms with Crippen molar-refractivity contribution < 1.29 is 49.4 Å². The average molecular weight is 581 g/mol. The molecule has 14 heteroatoms. The van der Waals surface area contributed by atoms with Gasteiger partial charge < -0.3 is 9.84 Å². The summed E-state index contributed by atoms with van der Waals surface area (Å²) in [5.74, 6) is -0.620. The number of aromatic hydroxyl groups is 1. The number of ether oxygens (including phenoxy) is 1. The Bertz CT molecular complexity index is 1460. The van der Waals surface area contributed by atoms with E-state index in [1.54, 1.807) is 29.4 Å². The Hall–Kier alpha value is -3.87. The second-order valence-electron chi connectivity index (χ2n) is 8.21. The first-order valence-corrected chi connectivity index (χ1v) is 11.1. The number of rotatable bonds is 5. The summed E-state index contributed by atoms with van der Waals surface area (Å²) in [6.45, 7) is 0.0201. The monoisotopic (exact) mass is 580 g/mol. The Morgan fingerprint density at radius 3 is 1.87 bits per heavy atom. The Kier molecular flexibility index (Phi) is 7.23. The van der Waals surface area contributed by atoms with Crippen molar-refractivity contribution in [3.05, 3.63) is 88.1 Å². The standard InChI is InChI=1S/C25H14ClF9N2O2/c26-16-3-1-12(2-4-16)11-39-17-5-6-18(19(38)10-17)21-20(22(37-36-21)25(33,34)35)13-7-14(23(27,28)29)9-15(8-13)24(30,31)32/h1-10,38H,11H2,(H,36,37). The molecule has 0 unspecified atom stereocenters. The molecule has 0 amide bonds. The number of aromatic amines is 1. The second-order valence-corrected chi connectivity index (χ2v) is 8.65. The minimum Gasteiger partial charge on any atom is -0.507 e. The molecular weight excluding hydrogens is 567 g/mol. The van der Waals surface area contributed by atoms with E-state index in [1.165, 1.54) is 6.07 Å². The van der Waals surface area contributed by atoms with Crippen molar-refractivity contribution in [3.8, 4) is 33.9 Å². The van der Waals surface area contributed by atoms with Crippen molar-refractivity contribution in [1.29, 1.82) is 0 Å². The quantitative estimate of drug-likeness (QED) is 0.232. The number of phenolic OH excluding ortho intramolecular Hbond substituents is 1. The Morgan fingerprint density at radius 2 is 1.36 bits per heavy atom. The zero-order chi connectivity index (χ0) is 28.8. The van der Waals surface area contributed by atoms with Gasteiger partial charge in [0.05, 0.1) is 11.1 Å². The first-order chi connectivity index (χ1) is 18.0. The van der Waals surface area contributed by atoms with Gasteiger partial charge in [-0.25, -0.2) is 0 Å². The smallest absolute Gasteiger partial charge is 0.433 e. The number of benzene rings is 3. The van der Waals surface area contributed by atoms with Crippen molar-refractivity contribution in [1.82, 2.24) is 10.2 Å². The van der Waals surface area contributed by atoms with Gasteiger partial charge in [0.2, 0.25) is 0 Å². The maximum absolute atomic E-state index is 13.8. The highest BCUT2D eigenvalue weighted by Gasteiger charge is 2.41. The van der Waals surface area contributed by atoms with Crippen LogP contribution in [-0.4, -0.2) is 15.3 Å². The molecule has 4 rings (SSSR count). The minimum atomic E-state index is -5.30. The number of H-pyrrole nitrogens is 1. The van der Waals surface area contributed by atoms with Gasteiger partial charge in [-0.15, -0.1) is 0 Å². The number of nitrogens with one attached hydrogen (secondary N) is 1. The molecule has 0 spiro atoms. The van der Waals surface area contributed by atoms with E-state index >= 15 is 0 Å². The molecule has 39 heavy (non-hydrogen) atoms. The molecule has 1 heterocycles. The van der Waals surface area contributed by atoms with Crippen LogP contribution in [-0.2, 0) is 25.1 Å². The lowest BCUT2D eigenvalue weighted by Gasteiger charge is -2.16.